The highest BCUT2D eigenvalue weighted by atomic mass is 35.5. The highest BCUT2D eigenvalue weighted by molar-refractivity contribution is 7.92. The minimum absolute atomic E-state index is 0.0788. The summed E-state index contributed by atoms with van der Waals surface area (Å²) in [6.45, 7) is 1.44. The molecule has 1 unspecified atom stereocenters. The predicted molar refractivity (Wildman–Crippen MR) is 58.5 cm³/mol. The number of hydrogen-bond acceptors (Lipinski definition) is 3. The number of rotatable bonds is 3. The molecule has 16 heavy (non-hydrogen) atoms. The van der Waals surface area contributed by atoms with Gasteiger partial charge in [-0.05, 0) is 25.1 Å². The third kappa shape index (κ3) is 2.34. The molecule has 1 aromatic rings. The fourth-order valence-electron chi connectivity index (χ4n) is 1.14. The number of halogens is 2. The normalized spacial score (nSPS) is 13.1. The second-order valence-corrected chi connectivity index (χ2v) is 5.91. The Kier molecular flexibility index (Phi) is 3.89. The van der Waals surface area contributed by atoms with Crippen LogP contribution in [0.2, 0.25) is 0 Å². The fourth-order valence-corrected chi connectivity index (χ4v) is 2.90. The summed E-state index contributed by atoms with van der Waals surface area (Å²) in [6.07, 6.45) is 0. The van der Waals surface area contributed by atoms with E-state index in [1.807, 2.05) is 0 Å². The first-order valence-electron chi connectivity index (χ1n) is 4.43. The molecule has 0 spiro atoms. The van der Waals surface area contributed by atoms with Crippen LogP contribution >= 0.6 is 11.6 Å². The van der Waals surface area contributed by atoms with Gasteiger partial charge in [0.1, 0.15) is 11.9 Å². The Morgan fingerprint density at radius 1 is 1.56 bits per heavy atom. The van der Waals surface area contributed by atoms with E-state index in [1.54, 1.807) is 6.07 Å². The Balaban J connectivity index is 3.41. The van der Waals surface area contributed by atoms with E-state index in [9.17, 15) is 12.8 Å². The van der Waals surface area contributed by atoms with E-state index in [1.165, 1.54) is 6.92 Å². The summed E-state index contributed by atoms with van der Waals surface area (Å²) in [5, 5.41) is 7.93. The van der Waals surface area contributed by atoms with Crippen LogP contribution in [0.3, 0.4) is 0 Å². The summed E-state index contributed by atoms with van der Waals surface area (Å²) >= 11 is 5.48. The molecule has 6 heteroatoms. The van der Waals surface area contributed by atoms with Crippen LogP contribution < -0.4 is 0 Å². The predicted octanol–water partition coefficient (Wildman–Crippen LogP) is 2.10. The lowest BCUT2D eigenvalue weighted by Gasteiger charge is -2.10. The van der Waals surface area contributed by atoms with Crippen molar-refractivity contribution < 1.29 is 12.8 Å². The lowest BCUT2D eigenvalue weighted by atomic mass is 10.2. The molecule has 0 saturated heterocycles. The number of sulfone groups is 1. The molecule has 1 atom stereocenters. The Bertz CT molecular complexity index is 536. The molecule has 0 aliphatic heterocycles. The molecule has 0 bridgehead atoms. The van der Waals surface area contributed by atoms with Gasteiger partial charge in [0.05, 0.1) is 15.7 Å². The van der Waals surface area contributed by atoms with Crippen molar-refractivity contribution >= 4 is 21.4 Å². The maximum atomic E-state index is 12.8. The van der Waals surface area contributed by atoms with Crippen LogP contribution in [0.25, 0.3) is 0 Å². The van der Waals surface area contributed by atoms with E-state index >= 15 is 0 Å². The first-order valence-corrected chi connectivity index (χ1v) is 6.51. The van der Waals surface area contributed by atoms with Crippen LogP contribution in [-0.4, -0.2) is 19.5 Å². The maximum Gasteiger partial charge on any atom is 0.183 e. The number of nitrogens with zero attached hydrogens (tertiary/aromatic N) is 1. The molecule has 0 heterocycles. The molecule has 3 nitrogen and oxygen atoms in total. The number of hydrogen-bond donors (Lipinski definition) is 0. The minimum atomic E-state index is -3.67. The zero-order chi connectivity index (χ0) is 12.3. The van der Waals surface area contributed by atoms with Crippen LogP contribution in [0.1, 0.15) is 12.5 Å². The molecule has 0 N–H and O–H groups in total. The van der Waals surface area contributed by atoms with Gasteiger partial charge >= 0.3 is 0 Å². The zero-order valence-corrected chi connectivity index (χ0v) is 10.0. The number of benzene rings is 1. The second-order valence-electron chi connectivity index (χ2n) is 3.26. The molecule has 0 amide bonds. The Morgan fingerprint density at radius 2 is 2.19 bits per heavy atom. The van der Waals surface area contributed by atoms with Crippen LogP contribution in [0.5, 0.6) is 0 Å². The summed E-state index contributed by atoms with van der Waals surface area (Å²) in [5.74, 6) is -0.723. The van der Waals surface area contributed by atoms with Crippen molar-refractivity contribution in [2.24, 2.45) is 0 Å². The van der Waals surface area contributed by atoms with Gasteiger partial charge in [-0.15, -0.1) is 11.6 Å². The van der Waals surface area contributed by atoms with Crippen LogP contribution in [0.4, 0.5) is 4.39 Å². The van der Waals surface area contributed by atoms with E-state index in [4.69, 9.17) is 16.9 Å². The van der Waals surface area contributed by atoms with Crippen molar-refractivity contribution in [3.8, 4) is 6.07 Å². The minimum Gasteiger partial charge on any atom is -0.223 e. The van der Waals surface area contributed by atoms with Gasteiger partial charge in [0.2, 0.25) is 0 Å². The monoisotopic (exact) mass is 261 g/mol. The van der Waals surface area contributed by atoms with E-state index in [0.717, 1.165) is 18.2 Å². The third-order valence-corrected chi connectivity index (χ3v) is 4.96. The molecule has 0 fully saturated rings. The standard InChI is InChI=1S/C10H9ClFNO2S/c1-7(5-11)16(14,15)10-3-2-9(12)4-8(10)6-13/h2-4,7H,5H2,1H3. The summed E-state index contributed by atoms with van der Waals surface area (Å²) in [5.41, 5.74) is -0.197. The average molecular weight is 262 g/mol. The molecule has 86 valence electrons. The van der Waals surface area contributed by atoms with Crippen molar-refractivity contribution in [3.63, 3.8) is 0 Å². The molecular formula is C10H9ClFNO2S. The SMILES string of the molecule is CC(CCl)S(=O)(=O)c1ccc(F)cc1C#N. The van der Waals surface area contributed by atoms with Crippen LogP contribution in [-0.2, 0) is 9.84 Å². The molecule has 1 aromatic carbocycles. The molecule has 0 saturated carbocycles. The highest BCUT2D eigenvalue weighted by Gasteiger charge is 2.25. The Morgan fingerprint density at radius 3 is 2.69 bits per heavy atom. The third-order valence-electron chi connectivity index (χ3n) is 2.12. The van der Waals surface area contributed by atoms with Crippen molar-refractivity contribution in [2.75, 3.05) is 5.88 Å². The zero-order valence-electron chi connectivity index (χ0n) is 8.44. The first kappa shape index (κ1) is 12.9. The highest BCUT2D eigenvalue weighted by Crippen LogP contribution is 2.21. The van der Waals surface area contributed by atoms with Crippen LogP contribution in [0, 0.1) is 17.1 Å². The maximum absolute atomic E-state index is 12.8. The number of alkyl halides is 1. The first-order chi connectivity index (χ1) is 7.43. The summed E-state index contributed by atoms with van der Waals surface area (Å²) in [4.78, 5) is -0.176. The molecule has 0 aliphatic carbocycles. The van der Waals surface area contributed by atoms with Crippen LogP contribution in [0.15, 0.2) is 23.1 Å². The van der Waals surface area contributed by atoms with Crippen molar-refractivity contribution in [2.45, 2.75) is 17.1 Å². The van der Waals surface area contributed by atoms with E-state index in [-0.39, 0.29) is 16.3 Å². The lowest BCUT2D eigenvalue weighted by molar-refractivity contribution is 0.586. The smallest absolute Gasteiger partial charge is 0.183 e. The van der Waals surface area contributed by atoms with E-state index < -0.39 is 20.9 Å². The molecule has 0 radical (unpaired) electrons. The lowest BCUT2D eigenvalue weighted by Crippen LogP contribution is -2.20. The van der Waals surface area contributed by atoms with Gasteiger partial charge in [0, 0.05) is 5.88 Å². The van der Waals surface area contributed by atoms with Gasteiger partial charge in [-0.1, -0.05) is 0 Å². The fraction of sp³-hybridized carbons (Fsp3) is 0.300. The van der Waals surface area contributed by atoms with Gasteiger partial charge in [0.15, 0.2) is 9.84 Å². The van der Waals surface area contributed by atoms with Gasteiger partial charge in [0.25, 0.3) is 0 Å². The van der Waals surface area contributed by atoms with Crippen molar-refractivity contribution in [3.05, 3.63) is 29.6 Å². The molecule has 1 rings (SSSR count). The summed E-state index contributed by atoms with van der Waals surface area (Å²) in [6, 6.07) is 4.65. The topological polar surface area (TPSA) is 57.9 Å². The quantitative estimate of drug-likeness (QED) is 0.618. The summed E-state index contributed by atoms with van der Waals surface area (Å²) < 4.78 is 36.6. The second kappa shape index (κ2) is 4.81. The van der Waals surface area contributed by atoms with Crippen molar-refractivity contribution in [1.82, 2.24) is 0 Å². The average Bonchev–Trinajstić information content (AvgIpc) is 2.27. The molecule has 0 aromatic heterocycles. The van der Waals surface area contributed by atoms with Gasteiger partial charge in [-0.25, -0.2) is 12.8 Å². The van der Waals surface area contributed by atoms with Crippen molar-refractivity contribution in [1.29, 1.82) is 5.26 Å². The molecule has 0 aliphatic rings. The Labute approximate surface area is 98.4 Å². The number of nitriles is 1. The van der Waals surface area contributed by atoms with Gasteiger partial charge in [-0.3, -0.25) is 0 Å². The van der Waals surface area contributed by atoms with E-state index in [0.29, 0.717) is 0 Å². The van der Waals surface area contributed by atoms with Gasteiger partial charge in [-0.2, -0.15) is 5.26 Å². The Hall–Kier alpha value is -1.12. The van der Waals surface area contributed by atoms with Gasteiger partial charge < -0.3 is 0 Å². The van der Waals surface area contributed by atoms with E-state index in [2.05, 4.69) is 0 Å². The summed E-state index contributed by atoms with van der Waals surface area (Å²) in [7, 11) is -3.67. The molecular weight excluding hydrogens is 253 g/mol. The largest absolute Gasteiger partial charge is 0.223 e.